The molecule has 0 atom stereocenters. The lowest BCUT2D eigenvalue weighted by Gasteiger charge is -2.31. The van der Waals surface area contributed by atoms with E-state index in [1.54, 1.807) is 12.1 Å². The molecule has 10 nitrogen and oxygen atoms in total. The van der Waals surface area contributed by atoms with Crippen molar-refractivity contribution in [2.24, 2.45) is 0 Å². The van der Waals surface area contributed by atoms with Crippen molar-refractivity contribution in [2.75, 3.05) is 38.2 Å². The molecule has 2 aliphatic carbocycles. The summed E-state index contributed by atoms with van der Waals surface area (Å²) < 4.78 is 5.43. The normalized spacial score (nSPS) is 16.0. The average Bonchev–Trinajstić information content (AvgIpc) is 3.16. The van der Waals surface area contributed by atoms with Crippen LogP contribution in [0.3, 0.4) is 0 Å². The second-order valence-electron chi connectivity index (χ2n) is 12.7. The maximum absolute atomic E-state index is 13.2. The number of carbonyl (C=O) groups is 3. The summed E-state index contributed by atoms with van der Waals surface area (Å²) in [4.78, 5) is 43.4. The molecule has 10 heteroatoms. The van der Waals surface area contributed by atoms with Crippen molar-refractivity contribution in [2.45, 2.75) is 64.3 Å². The van der Waals surface area contributed by atoms with E-state index in [-0.39, 0.29) is 53.8 Å². The fourth-order valence-corrected chi connectivity index (χ4v) is 6.26. The summed E-state index contributed by atoms with van der Waals surface area (Å²) in [7, 11) is 1.84. The van der Waals surface area contributed by atoms with Crippen LogP contribution in [0.2, 0.25) is 0 Å². The molecule has 0 saturated heterocycles. The highest BCUT2D eigenvalue weighted by Crippen LogP contribution is 2.38. The summed E-state index contributed by atoms with van der Waals surface area (Å²) in [5.74, 6) is -1.64. The molecule has 0 aromatic heterocycles. The van der Waals surface area contributed by atoms with Crippen LogP contribution in [0.5, 0.6) is 0 Å². The van der Waals surface area contributed by atoms with E-state index in [9.17, 15) is 35.4 Å². The maximum atomic E-state index is 13.2. The quantitative estimate of drug-likeness (QED) is 0.111. The van der Waals surface area contributed by atoms with Crippen molar-refractivity contribution in [3.8, 4) is 24.3 Å². The zero-order valence-electron chi connectivity index (χ0n) is 29.9. The highest BCUT2D eigenvalue weighted by Gasteiger charge is 2.46. The summed E-state index contributed by atoms with van der Waals surface area (Å²) >= 11 is 0. The number of likely N-dealkylation sites (N-methyl/N-ethyl adjacent to an activating group) is 1. The van der Waals surface area contributed by atoms with Gasteiger partial charge in [0.05, 0.1) is 12.1 Å². The number of aryl methyl sites for hydroxylation is 1. The molecule has 0 amide bonds. The number of anilines is 1. The molecular weight excluding hydrogens is 652 g/mol. The van der Waals surface area contributed by atoms with Crippen molar-refractivity contribution in [3.05, 3.63) is 99.5 Å². The molecular formula is C42H42N6O4. The second-order valence-corrected chi connectivity index (χ2v) is 12.7. The number of hydrogen-bond donors (Lipinski definition) is 0. The fourth-order valence-electron chi connectivity index (χ4n) is 6.26. The Labute approximate surface area is 305 Å². The van der Waals surface area contributed by atoms with E-state index in [1.165, 1.54) is 18.2 Å². The molecule has 264 valence electrons. The third-order valence-electron chi connectivity index (χ3n) is 9.34. The third-order valence-corrected chi connectivity index (χ3v) is 9.34. The van der Waals surface area contributed by atoms with Gasteiger partial charge in [0.25, 0.3) is 0 Å². The largest absolute Gasteiger partial charge is 0.464 e. The number of hydrogen-bond acceptors (Lipinski definition) is 10. The van der Waals surface area contributed by atoms with E-state index < -0.39 is 11.9 Å². The lowest BCUT2D eigenvalue weighted by molar-refractivity contribution is -0.143. The Kier molecular flexibility index (Phi) is 14.0. The molecule has 0 bridgehead atoms. The molecule has 0 spiro atoms. The minimum absolute atomic E-state index is 0.0441. The van der Waals surface area contributed by atoms with Gasteiger partial charge in [-0.2, -0.15) is 21.0 Å². The second kappa shape index (κ2) is 18.8. The summed E-state index contributed by atoms with van der Waals surface area (Å²) in [6.07, 6.45) is 12.6. The van der Waals surface area contributed by atoms with Crippen LogP contribution < -0.4 is 15.3 Å². The zero-order valence-corrected chi connectivity index (χ0v) is 29.9. The van der Waals surface area contributed by atoms with Crippen LogP contribution in [0.15, 0.2) is 77.9 Å². The molecule has 52 heavy (non-hydrogen) atoms. The Hall–Kier alpha value is -6.07. The molecule has 2 aliphatic rings. The number of Topliss-reactive ketones (excluding diaryl/α,β-unsaturated/α-hetero) is 2. The van der Waals surface area contributed by atoms with Crippen molar-refractivity contribution >= 4 is 34.4 Å². The summed E-state index contributed by atoms with van der Waals surface area (Å²) in [6, 6.07) is 19.2. The number of allylic oxidation sites excluding steroid dienone is 4. The smallest absolute Gasteiger partial charge is 0.306 e. The SMILES string of the molecule is CCCCN(CCCC)C1C=CC(=C2C(=O)C(c3ccc(N(C)CCOC(=O)CCc4cc(=C(C#N)C#N)ccc4=C(C#N)C#N)cc3)C2=O)C=C1. The molecule has 4 rings (SSSR count). The first-order valence-electron chi connectivity index (χ1n) is 17.6. The van der Waals surface area contributed by atoms with Gasteiger partial charge in [-0.15, -0.1) is 0 Å². The number of ether oxygens (including phenoxy) is 1. The Morgan fingerprint density at radius 3 is 1.96 bits per heavy atom. The molecule has 0 aliphatic heterocycles. The van der Waals surface area contributed by atoms with Crippen molar-refractivity contribution < 1.29 is 19.1 Å². The van der Waals surface area contributed by atoms with Crippen LogP contribution in [-0.4, -0.2) is 61.8 Å². The molecule has 2 aromatic carbocycles. The van der Waals surface area contributed by atoms with Gasteiger partial charge < -0.3 is 9.64 Å². The van der Waals surface area contributed by atoms with Gasteiger partial charge in [-0.3, -0.25) is 19.3 Å². The van der Waals surface area contributed by atoms with Crippen LogP contribution in [0.1, 0.15) is 63.0 Å². The molecule has 1 saturated carbocycles. The first-order chi connectivity index (χ1) is 25.2. The molecule has 0 N–H and O–H groups in total. The van der Waals surface area contributed by atoms with Gasteiger partial charge in [0.1, 0.15) is 47.9 Å². The topological polar surface area (TPSA) is 162 Å². The molecule has 0 unspecified atom stereocenters. The van der Waals surface area contributed by atoms with Crippen LogP contribution in [0.25, 0.3) is 11.1 Å². The van der Waals surface area contributed by atoms with Gasteiger partial charge in [0.15, 0.2) is 11.6 Å². The van der Waals surface area contributed by atoms with Gasteiger partial charge in [0, 0.05) is 35.6 Å². The summed E-state index contributed by atoms with van der Waals surface area (Å²) in [6.45, 7) is 6.87. The Morgan fingerprint density at radius 2 is 1.40 bits per heavy atom. The Bertz CT molecular complexity index is 2010. The number of nitriles is 4. The average molecular weight is 695 g/mol. The highest BCUT2D eigenvalue weighted by molar-refractivity contribution is 6.42. The lowest BCUT2D eigenvalue weighted by Crippen LogP contribution is -2.40. The van der Waals surface area contributed by atoms with E-state index in [2.05, 4.69) is 30.9 Å². The van der Waals surface area contributed by atoms with E-state index in [0.29, 0.717) is 33.7 Å². The predicted molar refractivity (Wildman–Crippen MR) is 197 cm³/mol. The Morgan fingerprint density at radius 1 is 0.808 bits per heavy atom. The first-order valence-corrected chi connectivity index (χ1v) is 17.6. The van der Waals surface area contributed by atoms with Crippen molar-refractivity contribution in [1.82, 2.24) is 4.90 Å². The number of carbonyl (C=O) groups excluding carboxylic acids is 3. The minimum Gasteiger partial charge on any atom is -0.464 e. The van der Waals surface area contributed by atoms with Gasteiger partial charge in [0.2, 0.25) is 0 Å². The minimum atomic E-state index is -0.812. The number of unbranched alkanes of at least 4 members (excludes halogenated alkanes) is 2. The lowest BCUT2D eigenvalue weighted by atomic mass is 9.70. The van der Waals surface area contributed by atoms with E-state index in [0.717, 1.165) is 44.5 Å². The standard InChI is InChI=1S/C42H42N6O4/c1-4-6-20-48(21-7-5-2)36-16-10-30(11-17-36)40-41(50)39(42(40)51)29-8-14-35(15-9-29)47(3)22-23-52-38(49)19-13-32-24-31(33(25-43)26-44)12-18-37(32)34(27-45)28-46/h8-12,14-18,24,36,39H,4-7,13,19-23H2,1-3H3. The van der Waals surface area contributed by atoms with Crippen LogP contribution >= 0.6 is 0 Å². The highest BCUT2D eigenvalue weighted by atomic mass is 16.5. The number of benzene rings is 2. The van der Waals surface area contributed by atoms with Crippen LogP contribution in [0.4, 0.5) is 5.69 Å². The molecule has 0 heterocycles. The number of ketones is 2. The summed E-state index contributed by atoms with van der Waals surface area (Å²) in [5.41, 5.74) is 2.61. The van der Waals surface area contributed by atoms with Crippen molar-refractivity contribution in [1.29, 1.82) is 21.0 Å². The van der Waals surface area contributed by atoms with Gasteiger partial charge >= 0.3 is 5.97 Å². The molecule has 1 fully saturated rings. The third kappa shape index (κ3) is 9.18. The number of esters is 1. The van der Waals surface area contributed by atoms with E-state index in [1.807, 2.05) is 60.5 Å². The van der Waals surface area contributed by atoms with E-state index >= 15 is 0 Å². The van der Waals surface area contributed by atoms with Gasteiger partial charge in [-0.25, -0.2) is 0 Å². The molecule has 2 aromatic rings. The summed E-state index contributed by atoms with van der Waals surface area (Å²) in [5, 5.41) is 37.9. The Balaban J connectivity index is 1.32. The first kappa shape index (κ1) is 38.7. The number of nitrogens with zero attached hydrogens (tertiary/aromatic N) is 6. The van der Waals surface area contributed by atoms with E-state index in [4.69, 9.17) is 4.74 Å². The fraction of sp³-hybridized carbons (Fsp3) is 0.357. The van der Waals surface area contributed by atoms with Crippen molar-refractivity contribution in [3.63, 3.8) is 0 Å². The van der Waals surface area contributed by atoms with Gasteiger partial charge in [-0.1, -0.05) is 75.3 Å². The maximum Gasteiger partial charge on any atom is 0.306 e. The molecule has 0 radical (unpaired) electrons. The van der Waals surface area contributed by atoms with Crippen LogP contribution in [-0.2, 0) is 25.5 Å². The monoisotopic (exact) mass is 694 g/mol. The zero-order chi connectivity index (χ0) is 37.6. The van der Waals surface area contributed by atoms with Crippen LogP contribution in [0, 0.1) is 45.3 Å². The number of rotatable bonds is 15. The predicted octanol–water partition coefficient (Wildman–Crippen LogP) is 4.62. The van der Waals surface area contributed by atoms with Gasteiger partial charge in [-0.05, 0) is 67.3 Å².